The summed E-state index contributed by atoms with van der Waals surface area (Å²) in [4.78, 5) is 39.1. The molecular weight excluding hydrogens is 452 g/mol. The molecule has 2 saturated heterocycles. The minimum Gasteiger partial charge on any atom is -0.378 e. The molecule has 0 radical (unpaired) electrons. The van der Waals surface area contributed by atoms with Crippen molar-refractivity contribution < 1.29 is 19.1 Å². The highest BCUT2D eigenvalue weighted by molar-refractivity contribution is 7.09. The van der Waals surface area contributed by atoms with Gasteiger partial charge in [-0.3, -0.25) is 14.6 Å². The number of hydrogen-bond donors (Lipinski definition) is 0. The van der Waals surface area contributed by atoms with Crippen molar-refractivity contribution in [3.05, 3.63) is 46.2 Å². The second kappa shape index (κ2) is 11.4. The van der Waals surface area contributed by atoms with Crippen LogP contribution in [-0.2, 0) is 32.2 Å². The molecule has 2 aromatic rings. The van der Waals surface area contributed by atoms with Gasteiger partial charge in [-0.15, -0.1) is 11.3 Å². The molecule has 2 fully saturated rings. The Labute approximate surface area is 205 Å². The number of carbonyl (C=O) groups is 2. The number of amides is 2. The summed E-state index contributed by atoms with van der Waals surface area (Å²) in [7, 11) is 0. The van der Waals surface area contributed by atoms with Gasteiger partial charge in [-0.2, -0.15) is 0 Å². The van der Waals surface area contributed by atoms with Crippen LogP contribution in [-0.4, -0.2) is 70.0 Å². The number of nitrogens with zero attached hydrogens (tertiary/aromatic N) is 4. The minimum atomic E-state index is -0.308. The Hall–Kier alpha value is -2.36. The lowest BCUT2D eigenvalue weighted by atomic mass is 9.89. The second-order valence-electron chi connectivity index (χ2n) is 9.48. The van der Waals surface area contributed by atoms with E-state index in [1.165, 1.54) is 0 Å². The van der Waals surface area contributed by atoms with Gasteiger partial charge >= 0.3 is 0 Å². The highest BCUT2D eigenvalue weighted by atomic mass is 32.1. The Morgan fingerprint density at radius 2 is 2.15 bits per heavy atom. The SMILES string of the molecule is Cc1nc(CN2C[C@@H](OCc3ccccn3)CN(C(=O)[C@@H]3CCO[C@@H](C(C)C)C3)CC2=O)cs1. The van der Waals surface area contributed by atoms with Gasteiger partial charge in [-0.25, -0.2) is 4.98 Å². The Bertz CT molecular complexity index is 967. The van der Waals surface area contributed by atoms with Gasteiger partial charge in [0.1, 0.15) is 0 Å². The number of aromatic nitrogens is 2. The summed E-state index contributed by atoms with van der Waals surface area (Å²) in [6, 6.07) is 5.70. The van der Waals surface area contributed by atoms with Crippen molar-refractivity contribution in [1.29, 1.82) is 0 Å². The van der Waals surface area contributed by atoms with Crippen LogP contribution in [0.25, 0.3) is 0 Å². The molecule has 2 aliphatic heterocycles. The van der Waals surface area contributed by atoms with Gasteiger partial charge in [0.25, 0.3) is 0 Å². The molecule has 0 spiro atoms. The first-order valence-corrected chi connectivity index (χ1v) is 12.9. The van der Waals surface area contributed by atoms with E-state index >= 15 is 0 Å². The van der Waals surface area contributed by atoms with Crippen molar-refractivity contribution in [3.63, 3.8) is 0 Å². The predicted molar refractivity (Wildman–Crippen MR) is 129 cm³/mol. The molecule has 4 heterocycles. The summed E-state index contributed by atoms with van der Waals surface area (Å²) in [6.45, 7) is 8.38. The number of carbonyl (C=O) groups excluding carboxylic acids is 2. The van der Waals surface area contributed by atoms with E-state index in [2.05, 4.69) is 23.8 Å². The van der Waals surface area contributed by atoms with Crippen LogP contribution in [0.15, 0.2) is 29.8 Å². The van der Waals surface area contributed by atoms with Gasteiger partial charge in [0.2, 0.25) is 11.8 Å². The third kappa shape index (κ3) is 6.40. The van der Waals surface area contributed by atoms with E-state index < -0.39 is 0 Å². The van der Waals surface area contributed by atoms with Crippen LogP contribution in [0.3, 0.4) is 0 Å². The van der Waals surface area contributed by atoms with Gasteiger partial charge in [-0.1, -0.05) is 19.9 Å². The van der Waals surface area contributed by atoms with Crippen molar-refractivity contribution in [3.8, 4) is 0 Å². The van der Waals surface area contributed by atoms with E-state index in [1.807, 2.05) is 30.5 Å². The van der Waals surface area contributed by atoms with E-state index in [0.717, 1.165) is 16.4 Å². The van der Waals surface area contributed by atoms with Gasteiger partial charge in [0.05, 0.1) is 48.3 Å². The molecule has 34 heavy (non-hydrogen) atoms. The number of rotatable bonds is 7. The van der Waals surface area contributed by atoms with Crippen LogP contribution in [0.5, 0.6) is 0 Å². The van der Waals surface area contributed by atoms with E-state index in [-0.39, 0.29) is 36.5 Å². The van der Waals surface area contributed by atoms with Crippen molar-refractivity contribution in [2.75, 3.05) is 26.2 Å². The molecule has 0 N–H and O–H groups in total. The Morgan fingerprint density at radius 1 is 1.29 bits per heavy atom. The fourth-order valence-corrected chi connectivity index (χ4v) is 5.15. The molecule has 2 amide bonds. The third-order valence-corrected chi connectivity index (χ3v) is 7.28. The average molecular weight is 487 g/mol. The molecule has 0 bridgehead atoms. The molecule has 0 aliphatic carbocycles. The quantitative estimate of drug-likeness (QED) is 0.598. The smallest absolute Gasteiger partial charge is 0.242 e. The molecule has 0 aromatic carbocycles. The summed E-state index contributed by atoms with van der Waals surface area (Å²) in [5, 5.41) is 2.95. The van der Waals surface area contributed by atoms with Crippen LogP contribution in [0.2, 0.25) is 0 Å². The van der Waals surface area contributed by atoms with Crippen molar-refractivity contribution in [1.82, 2.24) is 19.8 Å². The first-order valence-electron chi connectivity index (χ1n) is 12.0. The molecule has 3 atom stereocenters. The van der Waals surface area contributed by atoms with Crippen LogP contribution in [0.1, 0.15) is 43.1 Å². The Balaban J connectivity index is 1.48. The van der Waals surface area contributed by atoms with Gasteiger partial charge in [0, 0.05) is 37.2 Å². The molecule has 0 unspecified atom stereocenters. The van der Waals surface area contributed by atoms with Gasteiger partial charge in [0.15, 0.2) is 0 Å². The first-order chi connectivity index (χ1) is 16.4. The summed E-state index contributed by atoms with van der Waals surface area (Å²) < 4.78 is 12.1. The van der Waals surface area contributed by atoms with Gasteiger partial charge < -0.3 is 19.3 Å². The van der Waals surface area contributed by atoms with E-state index in [0.29, 0.717) is 51.6 Å². The third-order valence-electron chi connectivity index (χ3n) is 6.46. The minimum absolute atomic E-state index is 0.0279. The summed E-state index contributed by atoms with van der Waals surface area (Å²) in [5.74, 6) is 0.182. The Morgan fingerprint density at radius 3 is 2.85 bits per heavy atom. The molecule has 9 heteroatoms. The van der Waals surface area contributed by atoms with Gasteiger partial charge in [-0.05, 0) is 37.8 Å². The molecule has 184 valence electrons. The molecule has 2 aromatic heterocycles. The normalized spacial score (nSPS) is 23.9. The number of ether oxygens (including phenoxy) is 2. The molecule has 0 saturated carbocycles. The summed E-state index contributed by atoms with van der Waals surface area (Å²) in [5.41, 5.74) is 1.69. The molecular formula is C25H34N4O4S. The van der Waals surface area contributed by atoms with E-state index in [4.69, 9.17) is 9.47 Å². The fraction of sp³-hybridized carbons (Fsp3) is 0.600. The monoisotopic (exact) mass is 486 g/mol. The van der Waals surface area contributed by atoms with Crippen LogP contribution in [0.4, 0.5) is 0 Å². The van der Waals surface area contributed by atoms with Crippen LogP contribution < -0.4 is 0 Å². The number of aryl methyl sites for hydroxylation is 1. The van der Waals surface area contributed by atoms with Crippen LogP contribution in [0, 0.1) is 18.8 Å². The largest absolute Gasteiger partial charge is 0.378 e. The van der Waals surface area contributed by atoms with Crippen molar-refractivity contribution in [2.24, 2.45) is 11.8 Å². The highest BCUT2D eigenvalue weighted by Gasteiger charge is 2.36. The van der Waals surface area contributed by atoms with Crippen LogP contribution >= 0.6 is 11.3 Å². The predicted octanol–water partition coefficient (Wildman–Crippen LogP) is 3.05. The zero-order chi connectivity index (χ0) is 24.1. The van der Waals surface area contributed by atoms with Crippen molar-refractivity contribution in [2.45, 2.75) is 59.0 Å². The summed E-state index contributed by atoms with van der Waals surface area (Å²) in [6.07, 6.45) is 2.89. The Kier molecular flexibility index (Phi) is 8.28. The zero-order valence-electron chi connectivity index (χ0n) is 20.2. The average Bonchev–Trinajstić information content (AvgIpc) is 3.18. The second-order valence-corrected chi connectivity index (χ2v) is 10.5. The molecule has 4 rings (SSSR count). The maximum Gasteiger partial charge on any atom is 0.242 e. The lowest BCUT2D eigenvalue weighted by Crippen LogP contribution is -2.45. The maximum absolute atomic E-state index is 13.5. The summed E-state index contributed by atoms with van der Waals surface area (Å²) >= 11 is 1.57. The lowest BCUT2D eigenvalue weighted by Gasteiger charge is -2.34. The lowest BCUT2D eigenvalue weighted by molar-refractivity contribution is -0.146. The standard InChI is InChI=1S/C25H34N4O4S/c1-17(2)23-10-19(7-9-32-23)25(31)29-13-22(33-15-20-6-4-5-8-26-20)12-28(24(30)14-29)11-21-16-34-18(3)27-21/h4-6,8,16-17,19,22-23H,7,9-15H2,1-3H3/t19-,22-,23-/m1/s1. The first kappa shape index (κ1) is 24.8. The fourth-order valence-electron chi connectivity index (χ4n) is 4.54. The van der Waals surface area contributed by atoms with E-state index in [9.17, 15) is 9.59 Å². The molecule has 2 aliphatic rings. The zero-order valence-corrected chi connectivity index (χ0v) is 21.0. The highest BCUT2D eigenvalue weighted by Crippen LogP contribution is 2.27. The van der Waals surface area contributed by atoms with Crippen molar-refractivity contribution >= 4 is 23.2 Å². The van der Waals surface area contributed by atoms with E-state index in [1.54, 1.807) is 27.3 Å². The topological polar surface area (TPSA) is 84.9 Å². The molecule has 8 nitrogen and oxygen atoms in total. The number of hydrogen-bond acceptors (Lipinski definition) is 7. The maximum atomic E-state index is 13.5. The number of pyridine rings is 1. The number of thiazole rings is 1.